The SMILES string of the molecule is CC(C)[Si](O[C@H]1[C@H](C)OC(=O)[C@@H](NC(=O)OC(C)(C)C)CCO[C@@H]1Cc1ccc(F)cc1)(C(C)C)C(C)C. The van der Waals surface area contributed by atoms with Crippen LogP contribution < -0.4 is 5.32 Å². The fourth-order valence-corrected chi connectivity index (χ4v) is 11.2. The Balaban J connectivity index is 2.42. The molecule has 0 saturated carbocycles. The number of rotatable bonds is 8. The smallest absolute Gasteiger partial charge is 0.408 e. The van der Waals surface area contributed by atoms with Crippen LogP contribution >= 0.6 is 0 Å². The van der Waals surface area contributed by atoms with Gasteiger partial charge in [0.15, 0.2) is 0 Å². The van der Waals surface area contributed by atoms with Crippen LogP contribution in [0.4, 0.5) is 9.18 Å². The number of benzene rings is 1. The van der Waals surface area contributed by atoms with Gasteiger partial charge in [0.05, 0.1) is 6.10 Å². The fraction of sp³-hybridized carbons (Fsp3) is 0.724. The molecule has 1 aromatic carbocycles. The van der Waals surface area contributed by atoms with E-state index in [-0.39, 0.29) is 18.8 Å². The Morgan fingerprint density at radius 1 is 1.08 bits per heavy atom. The molecule has 9 heteroatoms. The summed E-state index contributed by atoms with van der Waals surface area (Å²) in [6.45, 7) is 20.5. The molecule has 1 aromatic rings. The third-order valence-electron chi connectivity index (χ3n) is 7.24. The first-order valence-corrected chi connectivity index (χ1v) is 15.9. The standard InChI is InChI=1S/C29H48FNO6Si/c1-18(2)38(19(3)4,20(5)6)37-26-21(7)35-27(32)24(31-28(33)36-29(8,9)10)15-16-34-25(26)17-22-11-13-23(30)14-12-22/h11-14,18-21,24-26H,15-17H2,1-10H3,(H,31,33)/t21-,24-,25+,26-/m0/s1. The summed E-state index contributed by atoms with van der Waals surface area (Å²) >= 11 is 0. The molecular weight excluding hydrogens is 505 g/mol. The number of amides is 1. The largest absolute Gasteiger partial charge is 0.458 e. The third kappa shape index (κ3) is 8.51. The number of alkyl carbamates (subject to hydrolysis) is 1. The highest BCUT2D eigenvalue weighted by atomic mass is 28.4. The molecule has 1 aliphatic heterocycles. The first-order valence-electron chi connectivity index (χ1n) is 13.8. The van der Waals surface area contributed by atoms with E-state index >= 15 is 0 Å². The van der Waals surface area contributed by atoms with E-state index in [9.17, 15) is 14.0 Å². The van der Waals surface area contributed by atoms with Gasteiger partial charge in [-0.3, -0.25) is 0 Å². The Labute approximate surface area is 229 Å². The number of halogens is 1. The van der Waals surface area contributed by atoms with Crippen LogP contribution in [0.3, 0.4) is 0 Å². The zero-order valence-corrected chi connectivity index (χ0v) is 25.8. The normalized spacial score (nSPS) is 23.6. The van der Waals surface area contributed by atoms with Crippen molar-refractivity contribution < 1.29 is 32.6 Å². The van der Waals surface area contributed by atoms with Gasteiger partial charge in [0.25, 0.3) is 0 Å². The van der Waals surface area contributed by atoms with E-state index in [2.05, 4.69) is 46.9 Å². The van der Waals surface area contributed by atoms with Crippen LogP contribution in [-0.2, 0) is 29.9 Å². The van der Waals surface area contributed by atoms with Crippen LogP contribution in [0.25, 0.3) is 0 Å². The Hall–Kier alpha value is -1.97. The van der Waals surface area contributed by atoms with Crippen molar-refractivity contribution in [2.24, 2.45) is 0 Å². The van der Waals surface area contributed by atoms with E-state index < -0.39 is 50.3 Å². The maximum absolute atomic E-state index is 13.6. The summed E-state index contributed by atoms with van der Waals surface area (Å²) in [5.41, 5.74) is 1.13. The molecule has 4 atom stereocenters. The lowest BCUT2D eigenvalue weighted by atomic mass is 10.0. The summed E-state index contributed by atoms with van der Waals surface area (Å²) in [4.78, 5) is 25.6. The van der Waals surface area contributed by atoms with Crippen molar-refractivity contribution in [2.75, 3.05) is 6.61 Å². The minimum Gasteiger partial charge on any atom is -0.458 e. The Bertz CT molecular complexity index is 893. The minimum atomic E-state index is -2.39. The molecule has 1 aliphatic rings. The van der Waals surface area contributed by atoms with Gasteiger partial charge in [0, 0.05) is 19.4 Å². The van der Waals surface area contributed by atoms with Crippen molar-refractivity contribution in [3.8, 4) is 0 Å². The van der Waals surface area contributed by atoms with Crippen molar-refractivity contribution in [1.29, 1.82) is 0 Å². The summed E-state index contributed by atoms with van der Waals surface area (Å²) in [6.07, 6.45) is -1.62. The lowest BCUT2D eigenvalue weighted by Gasteiger charge is -2.47. The van der Waals surface area contributed by atoms with E-state index in [1.54, 1.807) is 32.9 Å². The van der Waals surface area contributed by atoms with Gasteiger partial charge in [-0.2, -0.15) is 0 Å². The summed E-state index contributed by atoms with van der Waals surface area (Å²) in [6, 6.07) is 5.42. The number of hydrogen-bond acceptors (Lipinski definition) is 6. The van der Waals surface area contributed by atoms with Crippen LogP contribution in [0.15, 0.2) is 24.3 Å². The molecule has 0 bridgehead atoms. The zero-order chi connectivity index (χ0) is 28.8. The van der Waals surface area contributed by atoms with Crippen molar-refractivity contribution in [3.05, 3.63) is 35.6 Å². The first-order chi connectivity index (χ1) is 17.6. The molecule has 0 aromatic heterocycles. The number of carbonyl (C=O) groups is 2. The Kier molecular flexibility index (Phi) is 11.4. The number of carbonyl (C=O) groups excluding carboxylic acids is 2. The molecule has 1 heterocycles. The highest BCUT2D eigenvalue weighted by molar-refractivity contribution is 6.77. The molecule has 7 nitrogen and oxygen atoms in total. The molecule has 0 radical (unpaired) electrons. The third-order valence-corrected chi connectivity index (χ3v) is 13.3. The molecule has 1 amide bonds. The van der Waals surface area contributed by atoms with Gasteiger partial charge in [-0.05, 0) is 62.0 Å². The average molecular weight is 554 g/mol. The van der Waals surface area contributed by atoms with Crippen molar-refractivity contribution in [3.63, 3.8) is 0 Å². The highest BCUT2D eigenvalue weighted by Gasteiger charge is 2.49. The van der Waals surface area contributed by atoms with Crippen LogP contribution in [0, 0.1) is 5.82 Å². The lowest BCUT2D eigenvalue weighted by Crippen LogP contribution is -2.56. The Morgan fingerprint density at radius 2 is 1.63 bits per heavy atom. The van der Waals surface area contributed by atoms with Gasteiger partial charge in [0.1, 0.15) is 29.7 Å². The zero-order valence-electron chi connectivity index (χ0n) is 24.8. The number of ether oxygens (including phenoxy) is 3. The Morgan fingerprint density at radius 3 is 2.13 bits per heavy atom. The topological polar surface area (TPSA) is 83.1 Å². The van der Waals surface area contributed by atoms with Crippen LogP contribution in [0.1, 0.15) is 81.2 Å². The summed E-state index contributed by atoms with van der Waals surface area (Å²) < 4.78 is 38.5. The van der Waals surface area contributed by atoms with Gasteiger partial charge in [-0.1, -0.05) is 53.7 Å². The number of esters is 1. The van der Waals surface area contributed by atoms with Gasteiger partial charge in [-0.25, -0.2) is 14.0 Å². The fourth-order valence-electron chi connectivity index (χ4n) is 5.61. The molecule has 216 valence electrons. The van der Waals surface area contributed by atoms with Crippen LogP contribution in [0.5, 0.6) is 0 Å². The molecule has 0 spiro atoms. The predicted octanol–water partition coefficient (Wildman–Crippen LogP) is 6.54. The second kappa shape index (κ2) is 13.4. The van der Waals surface area contributed by atoms with Crippen molar-refractivity contribution >= 4 is 20.4 Å². The van der Waals surface area contributed by atoms with Gasteiger partial charge >= 0.3 is 12.1 Å². The molecule has 38 heavy (non-hydrogen) atoms. The van der Waals surface area contributed by atoms with E-state index in [1.807, 2.05) is 6.92 Å². The van der Waals surface area contributed by atoms with E-state index in [0.29, 0.717) is 23.0 Å². The van der Waals surface area contributed by atoms with Gasteiger partial charge in [-0.15, -0.1) is 0 Å². The lowest BCUT2D eigenvalue weighted by molar-refractivity contribution is -0.158. The maximum atomic E-state index is 13.6. The number of hydrogen-bond donors (Lipinski definition) is 1. The van der Waals surface area contributed by atoms with Crippen molar-refractivity contribution in [2.45, 2.75) is 129 Å². The van der Waals surface area contributed by atoms with Crippen molar-refractivity contribution in [1.82, 2.24) is 5.32 Å². The maximum Gasteiger partial charge on any atom is 0.408 e. The van der Waals surface area contributed by atoms with E-state index in [0.717, 1.165) is 5.56 Å². The minimum absolute atomic E-state index is 0.202. The van der Waals surface area contributed by atoms with Gasteiger partial charge in [0.2, 0.25) is 8.32 Å². The highest BCUT2D eigenvalue weighted by Crippen LogP contribution is 2.44. The quantitative estimate of drug-likeness (QED) is 0.291. The summed E-state index contributed by atoms with van der Waals surface area (Å²) in [5, 5.41) is 2.64. The van der Waals surface area contributed by atoms with Crippen LogP contribution in [0.2, 0.25) is 16.6 Å². The number of nitrogens with one attached hydrogen (secondary N) is 1. The second-order valence-electron chi connectivity index (χ2n) is 12.3. The molecule has 2 rings (SSSR count). The summed E-state index contributed by atoms with van der Waals surface area (Å²) in [7, 11) is -2.39. The molecule has 0 aliphatic carbocycles. The summed E-state index contributed by atoms with van der Waals surface area (Å²) in [5.74, 6) is -0.852. The molecule has 1 N–H and O–H groups in total. The molecule has 1 fully saturated rings. The molecular formula is C29H48FNO6Si. The first kappa shape index (κ1) is 32.2. The average Bonchev–Trinajstić information content (AvgIpc) is 2.81. The molecule has 0 unspecified atom stereocenters. The predicted molar refractivity (Wildman–Crippen MR) is 149 cm³/mol. The van der Waals surface area contributed by atoms with E-state index in [4.69, 9.17) is 18.6 Å². The second-order valence-corrected chi connectivity index (χ2v) is 17.7. The van der Waals surface area contributed by atoms with Gasteiger partial charge < -0.3 is 24.0 Å². The number of cyclic esters (lactones) is 1. The molecule has 1 saturated heterocycles. The van der Waals surface area contributed by atoms with Crippen LogP contribution in [-0.4, -0.2) is 56.9 Å². The monoisotopic (exact) mass is 553 g/mol. The van der Waals surface area contributed by atoms with E-state index in [1.165, 1.54) is 12.1 Å².